The highest BCUT2D eigenvalue weighted by molar-refractivity contribution is 9.10. The predicted octanol–water partition coefficient (Wildman–Crippen LogP) is 1.90. The third-order valence-electron chi connectivity index (χ3n) is 2.54. The number of hydrogen-bond donors (Lipinski definition) is 1. The van der Waals surface area contributed by atoms with Gasteiger partial charge in [0, 0.05) is 35.9 Å². The van der Waals surface area contributed by atoms with E-state index in [1.807, 2.05) is 6.20 Å². The first-order valence-electron chi connectivity index (χ1n) is 4.90. The highest BCUT2D eigenvalue weighted by Gasteiger charge is 2.16. The second kappa shape index (κ2) is 4.28. The van der Waals surface area contributed by atoms with Gasteiger partial charge in [-0.15, -0.1) is 0 Å². The fourth-order valence-corrected chi connectivity index (χ4v) is 2.22. The molecule has 0 saturated carbocycles. The number of halogens is 1. The number of nitrogens with zero attached hydrogens (tertiary/aromatic N) is 2. The van der Waals surface area contributed by atoms with Gasteiger partial charge < -0.3 is 10.6 Å². The molecule has 76 valence electrons. The van der Waals surface area contributed by atoms with Crippen molar-refractivity contribution in [2.75, 3.05) is 18.0 Å². The Morgan fingerprint density at radius 3 is 2.79 bits per heavy atom. The Bertz CT molecular complexity index is 321. The van der Waals surface area contributed by atoms with E-state index in [0.717, 1.165) is 28.9 Å². The Balaban J connectivity index is 2.31. The number of aromatic nitrogens is 1. The molecule has 1 aliphatic heterocycles. The molecule has 0 bridgehead atoms. The summed E-state index contributed by atoms with van der Waals surface area (Å²) >= 11 is 3.41. The summed E-state index contributed by atoms with van der Waals surface area (Å²) in [5.74, 6) is 1.06. The lowest BCUT2D eigenvalue weighted by Crippen LogP contribution is -2.21. The molecule has 0 amide bonds. The summed E-state index contributed by atoms with van der Waals surface area (Å²) in [6.07, 6.45) is 4.37. The van der Waals surface area contributed by atoms with E-state index in [4.69, 9.17) is 5.73 Å². The molecular formula is C10H14BrN3. The van der Waals surface area contributed by atoms with Gasteiger partial charge in [0.1, 0.15) is 5.82 Å². The van der Waals surface area contributed by atoms with Crippen LogP contribution in [0.5, 0.6) is 0 Å². The smallest absolute Gasteiger partial charge is 0.133 e. The van der Waals surface area contributed by atoms with E-state index in [9.17, 15) is 0 Å². The van der Waals surface area contributed by atoms with E-state index < -0.39 is 0 Å². The minimum absolute atomic E-state index is 0.554. The van der Waals surface area contributed by atoms with Gasteiger partial charge in [-0.25, -0.2) is 4.98 Å². The molecule has 0 radical (unpaired) electrons. The lowest BCUT2D eigenvalue weighted by molar-refractivity contribution is 0.905. The topological polar surface area (TPSA) is 42.1 Å². The van der Waals surface area contributed by atoms with E-state index in [1.54, 1.807) is 0 Å². The molecule has 1 aromatic rings. The van der Waals surface area contributed by atoms with Crippen LogP contribution in [0.2, 0.25) is 0 Å². The van der Waals surface area contributed by atoms with Gasteiger partial charge in [0.05, 0.1) is 0 Å². The van der Waals surface area contributed by atoms with Crippen molar-refractivity contribution in [3.05, 3.63) is 22.3 Å². The Labute approximate surface area is 92.4 Å². The first kappa shape index (κ1) is 9.93. The Morgan fingerprint density at radius 1 is 1.43 bits per heavy atom. The van der Waals surface area contributed by atoms with Gasteiger partial charge >= 0.3 is 0 Å². The Morgan fingerprint density at radius 2 is 2.14 bits per heavy atom. The fraction of sp³-hybridized carbons (Fsp3) is 0.500. The maximum absolute atomic E-state index is 5.70. The number of pyridine rings is 1. The number of rotatable bonds is 2. The fourth-order valence-electron chi connectivity index (χ4n) is 1.84. The van der Waals surface area contributed by atoms with E-state index in [0.29, 0.717) is 6.54 Å². The first-order chi connectivity index (χ1) is 6.81. The summed E-state index contributed by atoms with van der Waals surface area (Å²) in [5, 5.41) is 0. The first-order valence-corrected chi connectivity index (χ1v) is 5.70. The number of anilines is 1. The van der Waals surface area contributed by atoms with Gasteiger partial charge in [0.25, 0.3) is 0 Å². The van der Waals surface area contributed by atoms with Gasteiger partial charge in [-0.1, -0.05) is 0 Å². The Kier molecular flexibility index (Phi) is 3.03. The molecule has 0 aromatic carbocycles. The van der Waals surface area contributed by atoms with Crippen LogP contribution >= 0.6 is 15.9 Å². The molecule has 4 heteroatoms. The summed E-state index contributed by atoms with van der Waals surface area (Å²) in [6, 6.07) is 2.06. The van der Waals surface area contributed by atoms with Crippen molar-refractivity contribution in [1.82, 2.24) is 4.98 Å². The summed E-state index contributed by atoms with van der Waals surface area (Å²) in [4.78, 5) is 6.74. The second-order valence-electron chi connectivity index (χ2n) is 3.53. The van der Waals surface area contributed by atoms with Crippen molar-refractivity contribution in [2.45, 2.75) is 19.4 Å². The SMILES string of the molecule is NCc1cc(Br)cnc1N1CCCC1. The van der Waals surface area contributed by atoms with Gasteiger partial charge in [0.15, 0.2) is 0 Å². The lowest BCUT2D eigenvalue weighted by atomic mass is 10.2. The summed E-state index contributed by atoms with van der Waals surface area (Å²) in [5.41, 5.74) is 6.83. The van der Waals surface area contributed by atoms with Crippen molar-refractivity contribution in [1.29, 1.82) is 0 Å². The summed E-state index contributed by atoms with van der Waals surface area (Å²) in [6.45, 7) is 2.78. The zero-order valence-electron chi connectivity index (χ0n) is 8.04. The molecule has 1 fully saturated rings. The average molecular weight is 256 g/mol. The molecule has 1 aromatic heterocycles. The van der Waals surface area contributed by atoms with E-state index in [-0.39, 0.29) is 0 Å². The number of hydrogen-bond acceptors (Lipinski definition) is 3. The zero-order valence-corrected chi connectivity index (χ0v) is 9.63. The predicted molar refractivity (Wildman–Crippen MR) is 61.3 cm³/mol. The van der Waals surface area contributed by atoms with Gasteiger partial charge in [-0.2, -0.15) is 0 Å². The highest BCUT2D eigenvalue weighted by atomic mass is 79.9. The molecule has 0 unspecified atom stereocenters. The van der Waals surface area contributed by atoms with Crippen LogP contribution in [0.3, 0.4) is 0 Å². The van der Waals surface area contributed by atoms with Crippen molar-refractivity contribution < 1.29 is 0 Å². The van der Waals surface area contributed by atoms with Gasteiger partial charge in [-0.3, -0.25) is 0 Å². The maximum Gasteiger partial charge on any atom is 0.133 e. The lowest BCUT2D eigenvalue weighted by Gasteiger charge is -2.19. The molecule has 0 atom stereocenters. The molecule has 0 spiro atoms. The van der Waals surface area contributed by atoms with Crippen LogP contribution in [0.15, 0.2) is 16.7 Å². The number of nitrogens with two attached hydrogens (primary N) is 1. The minimum atomic E-state index is 0.554. The standard InChI is InChI=1S/C10H14BrN3/c11-9-5-8(6-12)10(13-7-9)14-3-1-2-4-14/h5,7H,1-4,6,12H2. The normalized spacial score (nSPS) is 16.3. The molecule has 3 nitrogen and oxygen atoms in total. The quantitative estimate of drug-likeness (QED) is 0.878. The van der Waals surface area contributed by atoms with Gasteiger partial charge in [-0.05, 0) is 34.8 Å². The average Bonchev–Trinajstić information content (AvgIpc) is 2.70. The minimum Gasteiger partial charge on any atom is -0.356 e. The van der Waals surface area contributed by atoms with Crippen LogP contribution in [0.25, 0.3) is 0 Å². The van der Waals surface area contributed by atoms with Crippen LogP contribution in [0.4, 0.5) is 5.82 Å². The van der Waals surface area contributed by atoms with Crippen molar-refractivity contribution >= 4 is 21.7 Å². The van der Waals surface area contributed by atoms with Crippen LogP contribution < -0.4 is 10.6 Å². The monoisotopic (exact) mass is 255 g/mol. The summed E-state index contributed by atoms with van der Waals surface area (Å²) in [7, 11) is 0. The third-order valence-corrected chi connectivity index (χ3v) is 2.97. The van der Waals surface area contributed by atoms with E-state index in [1.165, 1.54) is 12.8 Å². The molecule has 1 saturated heterocycles. The highest BCUT2D eigenvalue weighted by Crippen LogP contribution is 2.24. The van der Waals surface area contributed by atoms with Crippen LogP contribution in [0.1, 0.15) is 18.4 Å². The molecule has 0 aliphatic carbocycles. The van der Waals surface area contributed by atoms with Crippen LogP contribution in [0, 0.1) is 0 Å². The Hall–Kier alpha value is -0.610. The van der Waals surface area contributed by atoms with Crippen molar-refractivity contribution in [3.63, 3.8) is 0 Å². The molecule has 2 N–H and O–H groups in total. The van der Waals surface area contributed by atoms with E-state index >= 15 is 0 Å². The molecule has 2 rings (SSSR count). The van der Waals surface area contributed by atoms with Crippen molar-refractivity contribution in [3.8, 4) is 0 Å². The van der Waals surface area contributed by atoms with Crippen LogP contribution in [-0.2, 0) is 6.54 Å². The second-order valence-corrected chi connectivity index (χ2v) is 4.45. The molecular weight excluding hydrogens is 242 g/mol. The van der Waals surface area contributed by atoms with E-state index in [2.05, 4.69) is 31.9 Å². The summed E-state index contributed by atoms with van der Waals surface area (Å²) < 4.78 is 1.00. The largest absolute Gasteiger partial charge is 0.356 e. The molecule has 1 aliphatic rings. The third kappa shape index (κ3) is 1.91. The molecule has 2 heterocycles. The van der Waals surface area contributed by atoms with Gasteiger partial charge in [0.2, 0.25) is 0 Å². The zero-order chi connectivity index (χ0) is 9.97. The van der Waals surface area contributed by atoms with Crippen LogP contribution in [-0.4, -0.2) is 18.1 Å². The molecule has 14 heavy (non-hydrogen) atoms. The maximum atomic E-state index is 5.70. The van der Waals surface area contributed by atoms with Crippen molar-refractivity contribution in [2.24, 2.45) is 5.73 Å².